The van der Waals surface area contributed by atoms with Gasteiger partial charge in [-0.05, 0) is 56.5 Å². The standard InChI is InChI=1S/C22H24N2O4/c1-4-28-22(27)15-9-5-6-10-19(15)24-21(26)17-12-16(17)20(25)23-18-11-7-8-13(2)14(18)3/h5-11,16-17H,4,12H2,1-3H3,(H,23,25)(H,24,26). The first-order chi connectivity index (χ1) is 13.4. The van der Waals surface area contributed by atoms with E-state index in [9.17, 15) is 14.4 Å². The second-order valence-corrected chi connectivity index (χ2v) is 6.94. The summed E-state index contributed by atoms with van der Waals surface area (Å²) in [5, 5.41) is 5.68. The molecular weight excluding hydrogens is 356 g/mol. The molecule has 2 N–H and O–H groups in total. The van der Waals surface area contributed by atoms with Crippen molar-refractivity contribution >= 4 is 29.2 Å². The summed E-state index contributed by atoms with van der Waals surface area (Å²) < 4.78 is 5.02. The molecule has 2 atom stereocenters. The molecule has 0 spiro atoms. The fourth-order valence-electron chi connectivity index (χ4n) is 3.09. The first kappa shape index (κ1) is 19.6. The van der Waals surface area contributed by atoms with Crippen molar-refractivity contribution in [2.75, 3.05) is 17.2 Å². The summed E-state index contributed by atoms with van der Waals surface area (Å²) >= 11 is 0. The molecule has 1 aliphatic carbocycles. The molecule has 0 saturated heterocycles. The van der Waals surface area contributed by atoms with E-state index in [0.717, 1.165) is 16.8 Å². The Balaban J connectivity index is 1.63. The summed E-state index contributed by atoms with van der Waals surface area (Å²) in [7, 11) is 0. The molecule has 0 aliphatic heterocycles. The van der Waals surface area contributed by atoms with Crippen LogP contribution >= 0.6 is 0 Å². The van der Waals surface area contributed by atoms with Gasteiger partial charge in [-0.15, -0.1) is 0 Å². The maximum atomic E-state index is 12.6. The van der Waals surface area contributed by atoms with E-state index in [4.69, 9.17) is 4.74 Å². The molecule has 2 unspecified atom stereocenters. The van der Waals surface area contributed by atoms with Crippen molar-refractivity contribution < 1.29 is 19.1 Å². The number of carbonyl (C=O) groups excluding carboxylic acids is 3. The van der Waals surface area contributed by atoms with E-state index >= 15 is 0 Å². The molecule has 6 heteroatoms. The fraction of sp³-hybridized carbons (Fsp3) is 0.318. The summed E-state index contributed by atoms with van der Waals surface area (Å²) in [4.78, 5) is 37.1. The van der Waals surface area contributed by atoms with Crippen LogP contribution in [0.25, 0.3) is 0 Å². The molecule has 2 amide bonds. The van der Waals surface area contributed by atoms with Crippen LogP contribution in [-0.2, 0) is 14.3 Å². The molecule has 0 aromatic heterocycles. The molecule has 2 aromatic rings. The van der Waals surface area contributed by atoms with Crippen molar-refractivity contribution in [3.8, 4) is 0 Å². The number of carbonyl (C=O) groups is 3. The topological polar surface area (TPSA) is 84.5 Å². The number of nitrogens with one attached hydrogen (secondary N) is 2. The van der Waals surface area contributed by atoms with Gasteiger partial charge >= 0.3 is 5.97 Å². The zero-order valence-corrected chi connectivity index (χ0v) is 16.2. The Labute approximate surface area is 164 Å². The van der Waals surface area contributed by atoms with E-state index in [1.54, 1.807) is 31.2 Å². The number of para-hydroxylation sites is 1. The average molecular weight is 380 g/mol. The van der Waals surface area contributed by atoms with Crippen molar-refractivity contribution in [1.82, 2.24) is 0 Å². The van der Waals surface area contributed by atoms with Crippen LogP contribution in [0.4, 0.5) is 11.4 Å². The number of rotatable bonds is 6. The normalized spacial score (nSPS) is 17.5. The van der Waals surface area contributed by atoms with E-state index in [-0.39, 0.29) is 24.3 Å². The molecule has 0 heterocycles. The average Bonchev–Trinajstić information content (AvgIpc) is 3.47. The molecule has 3 rings (SSSR count). The van der Waals surface area contributed by atoms with E-state index in [1.165, 1.54) is 0 Å². The lowest BCUT2D eigenvalue weighted by Gasteiger charge is -2.11. The summed E-state index contributed by atoms with van der Waals surface area (Å²) in [6, 6.07) is 12.4. The van der Waals surface area contributed by atoms with Gasteiger partial charge in [0.25, 0.3) is 0 Å². The third-order valence-electron chi connectivity index (χ3n) is 5.01. The second kappa shape index (κ2) is 8.25. The number of ether oxygens (including phenoxy) is 1. The Hall–Kier alpha value is -3.15. The van der Waals surface area contributed by atoms with Gasteiger partial charge in [-0.25, -0.2) is 4.79 Å². The first-order valence-corrected chi connectivity index (χ1v) is 9.36. The number of esters is 1. The van der Waals surface area contributed by atoms with Crippen LogP contribution in [0.3, 0.4) is 0 Å². The molecule has 28 heavy (non-hydrogen) atoms. The number of hydrogen-bond acceptors (Lipinski definition) is 4. The van der Waals surface area contributed by atoms with Gasteiger partial charge in [-0.1, -0.05) is 24.3 Å². The molecular formula is C22H24N2O4. The van der Waals surface area contributed by atoms with E-state index in [0.29, 0.717) is 17.7 Å². The smallest absolute Gasteiger partial charge is 0.340 e. The van der Waals surface area contributed by atoms with E-state index in [1.807, 2.05) is 32.0 Å². The highest BCUT2D eigenvalue weighted by Crippen LogP contribution is 2.40. The Kier molecular flexibility index (Phi) is 5.78. The first-order valence-electron chi connectivity index (χ1n) is 9.36. The van der Waals surface area contributed by atoms with Crippen LogP contribution in [-0.4, -0.2) is 24.4 Å². The molecule has 6 nitrogen and oxygen atoms in total. The number of anilines is 2. The summed E-state index contributed by atoms with van der Waals surface area (Å²) in [6.07, 6.45) is 0.490. The lowest BCUT2D eigenvalue weighted by molar-refractivity contribution is -0.122. The van der Waals surface area contributed by atoms with Gasteiger partial charge in [0.2, 0.25) is 11.8 Å². The highest BCUT2D eigenvalue weighted by molar-refractivity contribution is 6.06. The molecule has 0 radical (unpaired) electrons. The van der Waals surface area contributed by atoms with Crippen LogP contribution in [0.15, 0.2) is 42.5 Å². The van der Waals surface area contributed by atoms with Crippen LogP contribution in [0.5, 0.6) is 0 Å². The number of hydrogen-bond donors (Lipinski definition) is 2. The maximum Gasteiger partial charge on any atom is 0.340 e. The van der Waals surface area contributed by atoms with Gasteiger partial charge in [0.1, 0.15) is 0 Å². The van der Waals surface area contributed by atoms with E-state index in [2.05, 4.69) is 10.6 Å². The third kappa shape index (κ3) is 4.22. The summed E-state index contributed by atoms with van der Waals surface area (Å²) in [6.45, 7) is 5.92. The van der Waals surface area contributed by atoms with Gasteiger partial charge < -0.3 is 15.4 Å². The van der Waals surface area contributed by atoms with E-state index < -0.39 is 11.9 Å². The van der Waals surface area contributed by atoms with Crippen molar-refractivity contribution in [2.24, 2.45) is 11.8 Å². The highest BCUT2D eigenvalue weighted by Gasteiger charge is 2.48. The molecule has 1 saturated carbocycles. The van der Waals surface area contributed by atoms with Crippen molar-refractivity contribution in [2.45, 2.75) is 27.2 Å². The predicted octanol–water partition coefficient (Wildman–Crippen LogP) is 3.69. The third-order valence-corrected chi connectivity index (χ3v) is 5.01. The molecule has 2 aromatic carbocycles. The number of benzene rings is 2. The zero-order chi connectivity index (χ0) is 20.3. The quantitative estimate of drug-likeness (QED) is 0.749. The molecule has 1 aliphatic rings. The summed E-state index contributed by atoms with van der Waals surface area (Å²) in [5.74, 6) is -1.68. The molecule has 1 fully saturated rings. The Morgan fingerprint density at radius 2 is 1.54 bits per heavy atom. The van der Waals surface area contributed by atoms with Gasteiger partial charge in [-0.2, -0.15) is 0 Å². The number of amides is 2. The Morgan fingerprint density at radius 1 is 0.929 bits per heavy atom. The van der Waals surface area contributed by atoms with Crippen LogP contribution in [0, 0.1) is 25.7 Å². The lowest BCUT2D eigenvalue weighted by atomic mass is 10.1. The largest absolute Gasteiger partial charge is 0.462 e. The van der Waals surface area contributed by atoms with Crippen LogP contribution < -0.4 is 10.6 Å². The minimum absolute atomic E-state index is 0.160. The Bertz CT molecular complexity index is 923. The van der Waals surface area contributed by atoms with Gasteiger partial charge in [0.15, 0.2) is 0 Å². The second-order valence-electron chi connectivity index (χ2n) is 6.94. The van der Waals surface area contributed by atoms with Gasteiger partial charge in [0, 0.05) is 5.69 Å². The Morgan fingerprint density at radius 3 is 2.21 bits per heavy atom. The maximum absolute atomic E-state index is 12.6. The molecule has 0 bridgehead atoms. The van der Waals surface area contributed by atoms with Crippen molar-refractivity contribution in [3.63, 3.8) is 0 Å². The summed E-state index contributed by atoms with van der Waals surface area (Å²) in [5.41, 5.74) is 3.57. The fourth-order valence-corrected chi connectivity index (χ4v) is 3.09. The van der Waals surface area contributed by atoms with Gasteiger partial charge in [0.05, 0.1) is 29.7 Å². The van der Waals surface area contributed by atoms with Crippen LogP contribution in [0.2, 0.25) is 0 Å². The number of aryl methyl sites for hydroxylation is 1. The highest BCUT2D eigenvalue weighted by atomic mass is 16.5. The van der Waals surface area contributed by atoms with Crippen LogP contribution in [0.1, 0.15) is 34.8 Å². The zero-order valence-electron chi connectivity index (χ0n) is 16.2. The minimum atomic E-state index is -0.488. The van der Waals surface area contributed by atoms with Gasteiger partial charge in [-0.3, -0.25) is 9.59 Å². The van der Waals surface area contributed by atoms with Crippen molar-refractivity contribution in [1.29, 1.82) is 0 Å². The molecule has 146 valence electrons. The van der Waals surface area contributed by atoms with Crippen molar-refractivity contribution in [3.05, 3.63) is 59.2 Å². The SMILES string of the molecule is CCOC(=O)c1ccccc1NC(=O)C1CC1C(=O)Nc1cccc(C)c1C. The monoisotopic (exact) mass is 380 g/mol. The lowest BCUT2D eigenvalue weighted by Crippen LogP contribution is -2.22. The predicted molar refractivity (Wildman–Crippen MR) is 107 cm³/mol. The minimum Gasteiger partial charge on any atom is -0.462 e.